The second-order valence-corrected chi connectivity index (χ2v) is 7.57. The summed E-state index contributed by atoms with van der Waals surface area (Å²) in [7, 11) is -4.10. The molecule has 2 rings (SSSR count). The molecule has 8 heteroatoms. The van der Waals surface area contributed by atoms with Crippen molar-refractivity contribution in [1.82, 2.24) is 9.62 Å². The maximum absolute atomic E-state index is 13.8. The van der Waals surface area contributed by atoms with Gasteiger partial charge in [0.2, 0.25) is 15.9 Å². The highest BCUT2D eigenvalue weighted by Gasteiger charge is 2.25. The lowest BCUT2D eigenvalue weighted by Crippen LogP contribution is -2.40. The molecule has 1 saturated heterocycles. The molecule has 1 aromatic rings. The predicted octanol–water partition coefficient (Wildman–Crippen LogP) is 1.81. The fourth-order valence-electron chi connectivity index (χ4n) is 2.59. The molecule has 1 fully saturated rings. The number of nitrogens with zero attached hydrogens (tertiary/aromatic N) is 1. The smallest absolute Gasteiger partial charge is 0.243 e. The van der Waals surface area contributed by atoms with Crippen molar-refractivity contribution in [3.63, 3.8) is 0 Å². The van der Waals surface area contributed by atoms with Gasteiger partial charge in [-0.15, -0.1) is 0 Å². The molecular weight excluding hydrogens is 326 g/mol. The van der Waals surface area contributed by atoms with Crippen LogP contribution in [0.5, 0.6) is 0 Å². The molecule has 1 amide bonds. The molecule has 1 aliphatic rings. The van der Waals surface area contributed by atoms with Crippen molar-refractivity contribution in [1.29, 1.82) is 0 Å². The quantitative estimate of drug-likeness (QED) is 0.904. The van der Waals surface area contributed by atoms with Gasteiger partial charge in [0, 0.05) is 26.6 Å². The van der Waals surface area contributed by atoms with Crippen LogP contribution in [0.2, 0.25) is 0 Å². The highest BCUT2D eigenvalue weighted by molar-refractivity contribution is 7.89. The topological polar surface area (TPSA) is 66.5 Å². The highest BCUT2D eigenvalue weighted by atomic mass is 32.2. The number of carbonyl (C=O) groups is 1. The average molecular weight is 346 g/mol. The molecule has 0 spiro atoms. The van der Waals surface area contributed by atoms with Gasteiger partial charge >= 0.3 is 0 Å². The van der Waals surface area contributed by atoms with Gasteiger partial charge in [0.1, 0.15) is 16.5 Å². The third-order valence-corrected chi connectivity index (χ3v) is 5.56. The van der Waals surface area contributed by atoms with Crippen LogP contribution in [0.15, 0.2) is 17.0 Å². The first-order valence-corrected chi connectivity index (χ1v) is 8.90. The summed E-state index contributed by atoms with van der Waals surface area (Å²) in [5, 5.41) is 0. The standard InChI is InChI=1S/C15H20F2N2O3S/c1-10-7-14(17)15(8-13(10)16)23(21,22)18-9-12-3-5-19(6-4-12)11(2)20/h7-8,12,18H,3-6,9H2,1-2H3. The van der Waals surface area contributed by atoms with Crippen LogP contribution in [0, 0.1) is 24.5 Å². The number of aryl methyl sites for hydroxylation is 1. The molecule has 0 aromatic heterocycles. The molecule has 1 heterocycles. The van der Waals surface area contributed by atoms with E-state index in [1.54, 1.807) is 4.90 Å². The Balaban J connectivity index is 2.00. The van der Waals surface area contributed by atoms with Crippen molar-refractivity contribution in [3.05, 3.63) is 29.3 Å². The van der Waals surface area contributed by atoms with Crippen LogP contribution in [0.25, 0.3) is 0 Å². The fraction of sp³-hybridized carbons (Fsp3) is 0.533. The van der Waals surface area contributed by atoms with E-state index in [9.17, 15) is 22.0 Å². The number of benzene rings is 1. The predicted molar refractivity (Wildman–Crippen MR) is 81.3 cm³/mol. The number of amides is 1. The second-order valence-electron chi connectivity index (χ2n) is 5.83. The minimum atomic E-state index is -4.10. The number of carbonyl (C=O) groups excluding carboxylic acids is 1. The lowest BCUT2D eigenvalue weighted by Gasteiger charge is -2.31. The molecule has 0 bridgehead atoms. The van der Waals surface area contributed by atoms with Crippen molar-refractivity contribution < 1.29 is 22.0 Å². The van der Waals surface area contributed by atoms with E-state index < -0.39 is 26.6 Å². The van der Waals surface area contributed by atoms with Gasteiger partial charge in [0.15, 0.2) is 0 Å². The first kappa shape index (κ1) is 17.8. The number of piperidine rings is 1. The third-order valence-electron chi connectivity index (χ3n) is 4.12. The van der Waals surface area contributed by atoms with Gasteiger partial charge < -0.3 is 4.90 Å². The normalized spacial score (nSPS) is 16.6. The zero-order valence-corrected chi connectivity index (χ0v) is 13.9. The molecule has 0 radical (unpaired) electrons. The summed E-state index contributed by atoms with van der Waals surface area (Å²) < 4.78 is 53.9. The first-order valence-electron chi connectivity index (χ1n) is 7.41. The van der Waals surface area contributed by atoms with Crippen molar-refractivity contribution in [2.45, 2.75) is 31.6 Å². The molecule has 0 saturated carbocycles. The van der Waals surface area contributed by atoms with Crippen LogP contribution >= 0.6 is 0 Å². The molecule has 0 atom stereocenters. The molecule has 128 valence electrons. The largest absolute Gasteiger partial charge is 0.343 e. The molecule has 23 heavy (non-hydrogen) atoms. The van der Waals surface area contributed by atoms with E-state index in [1.165, 1.54) is 13.8 Å². The van der Waals surface area contributed by atoms with E-state index >= 15 is 0 Å². The molecule has 0 aliphatic carbocycles. The van der Waals surface area contributed by atoms with Gasteiger partial charge in [0.05, 0.1) is 0 Å². The van der Waals surface area contributed by atoms with Gasteiger partial charge in [-0.05, 0) is 43.4 Å². The maximum Gasteiger partial charge on any atom is 0.243 e. The number of likely N-dealkylation sites (tertiary alicyclic amines) is 1. The summed E-state index contributed by atoms with van der Waals surface area (Å²) in [6.45, 7) is 4.16. The van der Waals surface area contributed by atoms with Gasteiger partial charge in [-0.25, -0.2) is 21.9 Å². The van der Waals surface area contributed by atoms with E-state index in [0.717, 1.165) is 6.07 Å². The summed E-state index contributed by atoms with van der Waals surface area (Å²) in [5.74, 6) is -1.66. The SMILES string of the molecule is CC(=O)N1CCC(CNS(=O)(=O)c2cc(F)c(C)cc2F)CC1. The Labute approximate surface area is 134 Å². The molecule has 1 N–H and O–H groups in total. The van der Waals surface area contributed by atoms with Crippen LogP contribution in [0.3, 0.4) is 0 Å². The summed E-state index contributed by atoms with van der Waals surface area (Å²) in [5.41, 5.74) is 0.0538. The Kier molecular flexibility index (Phi) is 5.36. The number of nitrogens with one attached hydrogen (secondary N) is 1. The Morgan fingerprint density at radius 2 is 1.87 bits per heavy atom. The Bertz CT molecular complexity index is 699. The highest BCUT2D eigenvalue weighted by Crippen LogP contribution is 2.21. The van der Waals surface area contributed by atoms with Gasteiger partial charge in [-0.2, -0.15) is 0 Å². The van der Waals surface area contributed by atoms with Crippen LogP contribution < -0.4 is 4.72 Å². The molecule has 1 aliphatic heterocycles. The van der Waals surface area contributed by atoms with Crippen molar-refractivity contribution >= 4 is 15.9 Å². The molecular formula is C15H20F2N2O3S. The maximum atomic E-state index is 13.8. The van der Waals surface area contributed by atoms with Crippen LogP contribution in [-0.4, -0.2) is 38.9 Å². The van der Waals surface area contributed by atoms with E-state index in [0.29, 0.717) is 32.0 Å². The fourth-order valence-corrected chi connectivity index (χ4v) is 3.78. The van der Waals surface area contributed by atoms with E-state index in [4.69, 9.17) is 0 Å². The van der Waals surface area contributed by atoms with Crippen LogP contribution in [0.1, 0.15) is 25.3 Å². The second kappa shape index (κ2) is 6.92. The summed E-state index contributed by atoms with van der Waals surface area (Å²) >= 11 is 0. The third kappa shape index (κ3) is 4.26. The zero-order valence-electron chi connectivity index (χ0n) is 13.1. The van der Waals surface area contributed by atoms with E-state index in [2.05, 4.69) is 4.72 Å². The first-order chi connectivity index (χ1) is 10.7. The average Bonchev–Trinajstić information content (AvgIpc) is 2.49. The summed E-state index contributed by atoms with van der Waals surface area (Å²) in [6.07, 6.45) is 1.35. The van der Waals surface area contributed by atoms with Crippen molar-refractivity contribution in [3.8, 4) is 0 Å². The number of rotatable bonds is 4. The minimum absolute atomic E-state index is 0.00114. The Morgan fingerprint density at radius 1 is 1.26 bits per heavy atom. The summed E-state index contributed by atoms with van der Waals surface area (Å²) in [4.78, 5) is 12.3. The molecule has 0 unspecified atom stereocenters. The number of hydrogen-bond acceptors (Lipinski definition) is 3. The van der Waals surface area contributed by atoms with Crippen molar-refractivity contribution in [2.75, 3.05) is 19.6 Å². The zero-order chi connectivity index (χ0) is 17.2. The number of hydrogen-bond donors (Lipinski definition) is 1. The molecule has 5 nitrogen and oxygen atoms in total. The Hall–Kier alpha value is -1.54. The lowest BCUT2D eigenvalue weighted by atomic mass is 9.97. The monoisotopic (exact) mass is 346 g/mol. The summed E-state index contributed by atoms with van der Waals surface area (Å²) in [6, 6.07) is 1.57. The lowest BCUT2D eigenvalue weighted by molar-refractivity contribution is -0.130. The Morgan fingerprint density at radius 3 is 2.43 bits per heavy atom. The minimum Gasteiger partial charge on any atom is -0.343 e. The van der Waals surface area contributed by atoms with E-state index in [1.807, 2.05) is 0 Å². The number of halogens is 2. The van der Waals surface area contributed by atoms with Gasteiger partial charge in [0.25, 0.3) is 0 Å². The number of sulfonamides is 1. The van der Waals surface area contributed by atoms with Gasteiger partial charge in [-0.3, -0.25) is 4.79 Å². The molecule has 1 aromatic carbocycles. The van der Waals surface area contributed by atoms with E-state index in [-0.39, 0.29) is 23.9 Å². The van der Waals surface area contributed by atoms with Crippen LogP contribution in [0.4, 0.5) is 8.78 Å². The van der Waals surface area contributed by atoms with Crippen molar-refractivity contribution in [2.24, 2.45) is 5.92 Å². The van der Waals surface area contributed by atoms with Gasteiger partial charge in [-0.1, -0.05) is 0 Å². The van der Waals surface area contributed by atoms with Crippen LogP contribution in [-0.2, 0) is 14.8 Å².